The average molecular weight is 334 g/mol. The van der Waals surface area contributed by atoms with Crippen LogP contribution in [-0.4, -0.2) is 53.5 Å². The first kappa shape index (κ1) is 16.1. The molecule has 0 unspecified atom stereocenters. The number of aromatic nitrogens is 4. The number of nitrogens with zero attached hydrogens (tertiary/aromatic N) is 6. The van der Waals surface area contributed by atoms with Gasteiger partial charge in [-0.1, -0.05) is 11.3 Å². The minimum Gasteiger partial charge on any atom is -0.377 e. The lowest BCUT2D eigenvalue weighted by molar-refractivity contribution is 0.184. The van der Waals surface area contributed by atoms with Crippen molar-refractivity contribution in [1.82, 2.24) is 20.2 Å². The quantitative estimate of drug-likeness (QED) is 0.827. The van der Waals surface area contributed by atoms with Gasteiger partial charge < -0.3 is 14.5 Å². The summed E-state index contributed by atoms with van der Waals surface area (Å²) in [7, 11) is 3.79. The molecule has 8 heteroatoms. The van der Waals surface area contributed by atoms with Gasteiger partial charge in [-0.15, -0.1) is 10.2 Å². The van der Waals surface area contributed by atoms with E-state index in [-0.39, 0.29) is 0 Å². The molecule has 0 atom stereocenters. The third kappa shape index (κ3) is 3.76. The van der Waals surface area contributed by atoms with E-state index in [4.69, 9.17) is 4.74 Å². The molecule has 124 valence electrons. The zero-order valence-electron chi connectivity index (χ0n) is 13.8. The lowest BCUT2D eigenvalue weighted by atomic mass is 10.0. The number of anilines is 2. The summed E-state index contributed by atoms with van der Waals surface area (Å²) >= 11 is 1.62. The van der Waals surface area contributed by atoms with Gasteiger partial charge in [0.1, 0.15) is 23.8 Å². The van der Waals surface area contributed by atoms with Crippen molar-refractivity contribution in [3.63, 3.8) is 0 Å². The Morgan fingerprint density at radius 1 is 1.30 bits per heavy atom. The van der Waals surface area contributed by atoms with Gasteiger partial charge in [-0.2, -0.15) is 0 Å². The van der Waals surface area contributed by atoms with Gasteiger partial charge in [-0.05, 0) is 19.8 Å². The van der Waals surface area contributed by atoms with E-state index in [0.717, 1.165) is 47.6 Å². The van der Waals surface area contributed by atoms with Gasteiger partial charge in [0.15, 0.2) is 0 Å². The van der Waals surface area contributed by atoms with Crippen molar-refractivity contribution in [2.75, 3.05) is 37.0 Å². The maximum Gasteiger partial charge on any atom is 0.208 e. The van der Waals surface area contributed by atoms with E-state index in [1.807, 2.05) is 13.0 Å². The summed E-state index contributed by atoms with van der Waals surface area (Å²) in [6.45, 7) is 4.50. The molecule has 0 radical (unpaired) electrons. The number of rotatable bonds is 5. The monoisotopic (exact) mass is 334 g/mol. The first-order valence-corrected chi connectivity index (χ1v) is 8.56. The minimum atomic E-state index is 0.493. The molecular weight excluding hydrogens is 312 g/mol. The molecule has 1 saturated heterocycles. The number of hydrogen-bond acceptors (Lipinski definition) is 8. The highest BCUT2D eigenvalue weighted by Gasteiger charge is 2.25. The summed E-state index contributed by atoms with van der Waals surface area (Å²) in [6.07, 6.45) is 3.80. The Morgan fingerprint density at radius 2 is 2.09 bits per heavy atom. The van der Waals surface area contributed by atoms with E-state index in [1.165, 1.54) is 0 Å². The van der Waals surface area contributed by atoms with E-state index in [1.54, 1.807) is 24.8 Å². The zero-order chi connectivity index (χ0) is 16.2. The van der Waals surface area contributed by atoms with Crippen LogP contribution >= 0.6 is 11.3 Å². The third-order valence-corrected chi connectivity index (χ3v) is 5.11. The predicted octanol–water partition coefficient (Wildman–Crippen LogP) is 1.89. The van der Waals surface area contributed by atoms with Gasteiger partial charge in [-0.25, -0.2) is 9.97 Å². The van der Waals surface area contributed by atoms with Crippen molar-refractivity contribution in [3.05, 3.63) is 23.1 Å². The first-order chi connectivity index (χ1) is 11.2. The first-order valence-electron chi connectivity index (χ1n) is 7.75. The normalized spacial score (nSPS) is 15.9. The van der Waals surface area contributed by atoms with E-state index in [0.29, 0.717) is 12.6 Å². The van der Waals surface area contributed by atoms with Gasteiger partial charge in [-0.3, -0.25) is 0 Å². The predicted molar refractivity (Wildman–Crippen MR) is 91.0 cm³/mol. The molecule has 1 fully saturated rings. The summed E-state index contributed by atoms with van der Waals surface area (Å²) in [6, 6.07) is 2.53. The molecule has 0 amide bonds. The number of methoxy groups -OCH3 is 1. The van der Waals surface area contributed by atoms with Crippen LogP contribution in [0.15, 0.2) is 12.4 Å². The van der Waals surface area contributed by atoms with Crippen LogP contribution in [-0.2, 0) is 11.3 Å². The standard InChI is InChI=1S/C15H22N6OS/c1-11-8-13(17-10-16-11)20(2)12-4-6-21(7-5-12)15-19-18-14(23-15)9-22-3/h8,10,12H,4-7,9H2,1-3H3. The number of aryl methyl sites for hydroxylation is 1. The summed E-state index contributed by atoms with van der Waals surface area (Å²) in [5.74, 6) is 0.995. The molecule has 2 aromatic rings. The Bertz CT molecular complexity index is 640. The van der Waals surface area contributed by atoms with Gasteiger partial charge in [0.05, 0.1) is 0 Å². The number of ether oxygens (including phenoxy) is 1. The Morgan fingerprint density at radius 3 is 2.78 bits per heavy atom. The molecule has 0 aromatic carbocycles. The molecule has 0 saturated carbocycles. The molecule has 0 bridgehead atoms. The molecule has 7 nitrogen and oxygen atoms in total. The molecular formula is C15H22N6OS. The summed E-state index contributed by atoms with van der Waals surface area (Å²) < 4.78 is 5.11. The van der Waals surface area contributed by atoms with Crippen molar-refractivity contribution in [2.45, 2.75) is 32.4 Å². The highest BCUT2D eigenvalue weighted by molar-refractivity contribution is 7.15. The van der Waals surface area contributed by atoms with E-state index >= 15 is 0 Å². The van der Waals surface area contributed by atoms with Crippen LogP contribution in [0, 0.1) is 6.92 Å². The van der Waals surface area contributed by atoms with Crippen LogP contribution in [0.1, 0.15) is 23.5 Å². The van der Waals surface area contributed by atoms with Crippen LogP contribution in [0.25, 0.3) is 0 Å². The Balaban J connectivity index is 1.59. The van der Waals surface area contributed by atoms with Crippen LogP contribution in [0.2, 0.25) is 0 Å². The smallest absolute Gasteiger partial charge is 0.208 e. The van der Waals surface area contributed by atoms with Crippen molar-refractivity contribution in [3.8, 4) is 0 Å². The Labute approximate surface area is 140 Å². The van der Waals surface area contributed by atoms with Gasteiger partial charge in [0.2, 0.25) is 5.13 Å². The highest BCUT2D eigenvalue weighted by Crippen LogP contribution is 2.26. The molecule has 3 rings (SSSR count). The second-order valence-electron chi connectivity index (χ2n) is 5.76. The Kier molecular flexibility index (Phi) is 5.02. The van der Waals surface area contributed by atoms with Gasteiger partial charge in [0, 0.05) is 45.0 Å². The van der Waals surface area contributed by atoms with E-state index < -0.39 is 0 Å². The molecule has 3 heterocycles. The lowest BCUT2D eigenvalue weighted by Gasteiger charge is -2.37. The maximum absolute atomic E-state index is 5.11. The fourth-order valence-corrected chi connectivity index (χ4v) is 3.68. The summed E-state index contributed by atoms with van der Waals surface area (Å²) in [5, 5.41) is 10.4. The number of piperidine rings is 1. The third-order valence-electron chi connectivity index (χ3n) is 4.16. The van der Waals surface area contributed by atoms with Gasteiger partial charge >= 0.3 is 0 Å². The van der Waals surface area contributed by atoms with Crippen molar-refractivity contribution in [2.24, 2.45) is 0 Å². The average Bonchev–Trinajstić information content (AvgIpc) is 3.03. The SMILES string of the molecule is COCc1nnc(N2CCC(N(C)c3cc(C)ncn3)CC2)s1. The maximum atomic E-state index is 5.11. The molecule has 0 N–H and O–H groups in total. The Hall–Kier alpha value is -1.80. The fourth-order valence-electron chi connectivity index (χ4n) is 2.82. The minimum absolute atomic E-state index is 0.493. The molecule has 1 aliphatic heterocycles. The van der Waals surface area contributed by atoms with Crippen molar-refractivity contribution >= 4 is 22.3 Å². The second kappa shape index (κ2) is 7.18. The zero-order valence-corrected chi connectivity index (χ0v) is 14.6. The molecule has 1 aliphatic rings. The lowest BCUT2D eigenvalue weighted by Crippen LogP contribution is -2.43. The van der Waals surface area contributed by atoms with Crippen LogP contribution in [0.3, 0.4) is 0 Å². The van der Waals surface area contributed by atoms with Gasteiger partial charge in [0.25, 0.3) is 0 Å². The van der Waals surface area contributed by atoms with E-state index in [2.05, 4.69) is 37.0 Å². The second-order valence-corrected chi connectivity index (χ2v) is 6.80. The summed E-state index contributed by atoms with van der Waals surface area (Å²) in [5.41, 5.74) is 0.999. The van der Waals surface area contributed by atoms with Crippen LogP contribution in [0.4, 0.5) is 10.9 Å². The van der Waals surface area contributed by atoms with Crippen molar-refractivity contribution in [1.29, 1.82) is 0 Å². The van der Waals surface area contributed by atoms with E-state index in [9.17, 15) is 0 Å². The topological polar surface area (TPSA) is 67.3 Å². The summed E-state index contributed by atoms with van der Waals surface area (Å²) in [4.78, 5) is 13.1. The fraction of sp³-hybridized carbons (Fsp3) is 0.600. The largest absolute Gasteiger partial charge is 0.377 e. The van der Waals surface area contributed by atoms with Crippen LogP contribution < -0.4 is 9.80 Å². The molecule has 0 aliphatic carbocycles. The number of hydrogen-bond donors (Lipinski definition) is 0. The molecule has 23 heavy (non-hydrogen) atoms. The molecule has 2 aromatic heterocycles. The highest BCUT2D eigenvalue weighted by atomic mass is 32.1. The van der Waals surface area contributed by atoms with Crippen molar-refractivity contribution < 1.29 is 4.74 Å². The van der Waals surface area contributed by atoms with Crippen LogP contribution in [0.5, 0.6) is 0 Å². The molecule has 0 spiro atoms.